The molecule has 0 radical (unpaired) electrons. The molecule has 0 saturated carbocycles. The highest BCUT2D eigenvalue weighted by atomic mass is 79.9. The molecule has 0 aliphatic carbocycles. The summed E-state index contributed by atoms with van der Waals surface area (Å²) in [4.78, 5) is 13.8. The van der Waals surface area contributed by atoms with Crippen LogP contribution in [0.15, 0.2) is 22.7 Å². The van der Waals surface area contributed by atoms with Gasteiger partial charge in [-0.1, -0.05) is 29.3 Å². The molecule has 0 aliphatic rings. The van der Waals surface area contributed by atoms with Crippen LogP contribution in [0.5, 0.6) is 0 Å². The fourth-order valence-corrected chi connectivity index (χ4v) is 2.50. The molecular formula is C14H16BrClF3NO. The van der Waals surface area contributed by atoms with Crippen LogP contribution in [0.2, 0.25) is 0 Å². The summed E-state index contributed by atoms with van der Waals surface area (Å²) in [5.74, 6) is -0.180. The van der Waals surface area contributed by atoms with Gasteiger partial charge in [0.25, 0.3) is 5.91 Å². The highest BCUT2D eigenvalue weighted by Gasteiger charge is 2.34. The van der Waals surface area contributed by atoms with Gasteiger partial charge < -0.3 is 4.90 Å². The number of carbonyl (C=O) groups excluding carboxylic acids is 1. The van der Waals surface area contributed by atoms with E-state index in [0.29, 0.717) is 13.1 Å². The molecule has 1 rings (SSSR count). The van der Waals surface area contributed by atoms with Gasteiger partial charge in [0.15, 0.2) is 0 Å². The molecule has 0 atom stereocenters. The predicted octanol–water partition coefficient (Wildman–Crippen LogP) is 4.95. The summed E-state index contributed by atoms with van der Waals surface area (Å²) in [5.41, 5.74) is -0.832. The summed E-state index contributed by atoms with van der Waals surface area (Å²) >= 11 is 8.51. The van der Waals surface area contributed by atoms with Crippen LogP contribution in [0.1, 0.15) is 35.7 Å². The van der Waals surface area contributed by atoms with E-state index in [1.807, 2.05) is 6.92 Å². The van der Waals surface area contributed by atoms with Crippen molar-refractivity contribution >= 4 is 33.4 Å². The Hall–Kier alpha value is -0.750. The van der Waals surface area contributed by atoms with Crippen LogP contribution in [0.25, 0.3) is 0 Å². The van der Waals surface area contributed by atoms with Gasteiger partial charge in [-0.3, -0.25) is 4.79 Å². The van der Waals surface area contributed by atoms with Gasteiger partial charge in [0, 0.05) is 29.0 Å². The third-order valence-corrected chi connectivity index (χ3v) is 3.80. The van der Waals surface area contributed by atoms with Crippen LogP contribution < -0.4 is 0 Å². The van der Waals surface area contributed by atoms with Gasteiger partial charge in [-0.2, -0.15) is 13.2 Å². The fourth-order valence-electron chi connectivity index (χ4n) is 1.82. The summed E-state index contributed by atoms with van der Waals surface area (Å²) in [7, 11) is 0. The van der Waals surface area contributed by atoms with Crippen molar-refractivity contribution in [1.82, 2.24) is 4.90 Å². The van der Waals surface area contributed by atoms with Gasteiger partial charge in [-0.25, -0.2) is 0 Å². The number of carbonyl (C=O) groups is 1. The molecule has 0 saturated heterocycles. The molecule has 0 unspecified atom stereocenters. The topological polar surface area (TPSA) is 20.3 Å². The minimum absolute atomic E-state index is 0.0201. The third-order valence-electron chi connectivity index (χ3n) is 2.94. The maximum Gasteiger partial charge on any atom is 0.417 e. The van der Waals surface area contributed by atoms with Crippen molar-refractivity contribution in [3.63, 3.8) is 0 Å². The highest BCUT2D eigenvalue weighted by molar-refractivity contribution is 9.10. The first kappa shape index (κ1) is 18.3. The lowest BCUT2D eigenvalue weighted by Crippen LogP contribution is -2.33. The van der Waals surface area contributed by atoms with E-state index in [2.05, 4.69) is 15.9 Å². The van der Waals surface area contributed by atoms with Crippen LogP contribution in [-0.2, 0) is 6.18 Å². The van der Waals surface area contributed by atoms with Crippen molar-refractivity contribution in [2.75, 3.05) is 19.0 Å². The van der Waals surface area contributed by atoms with Crippen LogP contribution in [0.3, 0.4) is 0 Å². The van der Waals surface area contributed by atoms with Crippen molar-refractivity contribution < 1.29 is 18.0 Å². The van der Waals surface area contributed by atoms with Crippen LogP contribution in [0.4, 0.5) is 13.2 Å². The van der Waals surface area contributed by atoms with Gasteiger partial charge >= 0.3 is 6.18 Å². The lowest BCUT2D eigenvalue weighted by molar-refractivity contribution is -0.138. The molecule has 7 heteroatoms. The first-order chi connectivity index (χ1) is 9.81. The minimum Gasteiger partial charge on any atom is -0.337 e. The minimum atomic E-state index is -4.50. The molecule has 1 aromatic carbocycles. The van der Waals surface area contributed by atoms with E-state index in [-0.39, 0.29) is 15.9 Å². The van der Waals surface area contributed by atoms with E-state index in [1.165, 1.54) is 17.0 Å². The zero-order chi connectivity index (χ0) is 16.0. The first-order valence-corrected chi connectivity index (χ1v) is 7.86. The smallest absolute Gasteiger partial charge is 0.337 e. The highest BCUT2D eigenvalue weighted by Crippen LogP contribution is 2.35. The average Bonchev–Trinajstić information content (AvgIpc) is 2.42. The number of halogens is 5. The standard InChI is InChI=1S/C14H16BrClF3NO/c1-2-3-7-20(8-6-16)13(21)10-4-5-12(15)11(9-10)14(17,18)19/h4-5,9H,2-3,6-8H2,1H3. The van der Waals surface area contributed by atoms with Gasteiger partial charge in [-0.05, 0) is 24.6 Å². The number of amides is 1. The number of hydrogen-bond acceptors (Lipinski definition) is 1. The molecular weight excluding hydrogens is 371 g/mol. The number of benzene rings is 1. The maximum absolute atomic E-state index is 12.9. The first-order valence-electron chi connectivity index (χ1n) is 6.53. The van der Waals surface area contributed by atoms with Crippen molar-refractivity contribution in [2.24, 2.45) is 0 Å². The fraction of sp³-hybridized carbons (Fsp3) is 0.500. The van der Waals surface area contributed by atoms with Gasteiger partial charge in [0.05, 0.1) is 5.56 Å². The van der Waals surface area contributed by atoms with E-state index in [1.54, 1.807) is 0 Å². The third kappa shape index (κ3) is 5.18. The Bertz CT molecular complexity index is 494. The number of alkyl halides is 4. The Morgan fingerprint density at radius 3 is 2.52 bits per heavy atom. The SMILES string of the molecule is CCCCN(CCCl)C(=O)c1ccc(Br)c(C(F)(F)F)c1. The average molecular weight is 387 g/mol. The normalized spacial score (nSPS) is 11.5. The van der Waals surface area contributed by atoms with E-state index in [4.69, 9.17) is 11.6 Å². The lowest BCUT2D eigenvalue weighted by Gasteiger charge is -2.22. The van der Waals surface area contributed by atoms with Crippen molar-refractivity contribution in [2.45, 2.75) is 25.9 Å². The van der Waals surface area contributed by atoms with Crippen LogP contribution in [0, 0.1) is 0 Å². The quantitative estimate of drug-likeness (QED) is 0.634. The summed E-state index contributed by atoms with van der Waals surface area (Å²) in [6.45, 7) is 2.78. The summed E-state index contributed by atoms with van der Waals surface area (Å²) in [6, 6.07) is 3.50. The molecule has 118 valence electrons. The molecule has 0 fully saturated rings. The van der Waals surface area contributed by atoms with Crippen LogP contribution >= 0.6 is 27.5 Å². The molecule has 1 amide bonds. The zero-order valence-corrected chi connectivity index (χ0v) is 13.9. The summed E-state index contributed by atoms with van der Waals surface area (Å²) in [5, 5.41) is 0. The number of unbranched alkanes of at least 4 members (excludes halogenated alkanes) is 1. The molecule has 0 heterocycles. The second kappa shape index (κ2) is 8.03. The number of rotatable bonds is 6. The monoisotopic (exact) mass is 385 g/mol. The number of hydrogen-bond donors (Lipinski definition) is 0. The summed E-state index contributed by atoms with van der Waals surface area (Å²) < 4.78 is 38.5. The largest absolute Gasteiger partial charge is 0.417 e. The summed E-state index contributed by atoms with van der Waals surface area (Å²) in [6.07, 6.45) is -2.83. The molecule has 2 nitrogen and oxygen atoms in total. The Labute approximate surface area is 135 Å². The van der Waals surface area contributed by atoms with Crippen LogP contribution in [-0.4, -0.2) is 29.8 Å². The van der Waals surface area contributed by atoms with E-state index in [9.17, 15) is 18.0 Å². The molecule has 0 aromatic heterocycles. The molecule has 0 aliphatic heterocycles. The van der Waals surface area contributed by atoms with E-state index in [0.717, 1.165) is 18.9 Å². The maximum atomic E-state index is 12.9. The second-order valence-electron chi connectivity index (χ2n) is 4.53. The Balaban J connectivity index is 3.05. The number of nitrogens with zero attached hydrogens (tertiary/aromatic N) is 1. The molecule has 1 aromatic rings. The Morgan fingerprint density at radius 2 is 2.00 bits per heavy atom. The van der Waals surface area contributed by atoms with E-state index >= 15 is 0 Å². The Kier molecular flexibility index (Phi) is 7.00. The Morgan fingerprint density at radius 1 is 1.33 bits per heavy atom. The predicted molar refractivity (Wildman–Crippen MR) is 80.7 cm³/mol. The lowest BCUT2D eigenvalue weighted by atomic mass is 10.1. The van der Waals surface area contributed by atoms with Crippen molar-refractivity contribution in [3.05, 3.63) is 33.8 Å². The zero-order valence-electron chi connectivity index (χ0n) is 11.5. The van der Waals surface area contributed by atoms with Crippen molar-refractivity contribution in [3.8, 4) is 0 Å². The van der Waals surface area contributed by atoms with E-state index < -0.39 is 17.6 Å². The molecule has 0 N–H and O–H groups in total. The molecule has 21 heavy (non-hydrogen) atoms. The van der Waals surface area contributed by atoms with Crippen molar-refractivity contribution in [1.29, 1.82) is 0 Å². The molecule has 0 spiro atoms. The van der Waals surface area contributed by atoms with Gasteiger partial charge in [0.2, 0.25) is 0 Å². The second-order valence-corrected chi connectivity index (χ2v) is 5.76. The van der Waals surface area contributed by atoms with Gasteiger partial charge in [0.1, 0.15) is 0 Å². The molecule has 0 bridgehead atoms. The van der Waals surface area contributed by atoms with Gasteiger partial charge in [-0.15, -0.1) is 11.6 Å².